The maximum atomic E-state index is 12.7. The molecule has 1 fully saturated rings. The molecule has 0 spiro atoms. The van der Waals surface area contributed by atoms with Crippen LogP contribution in [0, 0.1) is 12.8 Å². The smallest absolute Gasteiger partial charge is 0.308 e. The summed E-state index contributed by atoms with van der Waals surface area (Å²) in [5.41, 5.74) is 2.18. The van der Waals surface area contributed by atoms with E-state index in [0.717, 1.165) is 30.2 Å². The van der Waals surface area contributed by atoms with E-state index in [0.29, 0.717) is 23.9 Å². The molecule has 1 aromatic heterocycles. The first-order chi connectivity index (χ1) is 11.1. The van der Waals surface area contributed by atoms with Gasteiger partial charge in [-0.2, -0.15) is 5.10 Å². The zero-order valence-corrected chi connectivity index (χ0v) is 13.1. The van der Waals surface area contributed by atoms with Crippen LogP contribution in [-0.2, 0) is 4.79 Å². The molecule has 1 aromatic carbocycles. The van der Waals surface area contributed by atoms with Crippen molar-refractivity contribution in [2.24, 2.45) is 5.92 Å². The van der Waals surface area contributed by atoms with Crippen LogP contribution in [0.15, 0.2) is 18.3 Å². The molecule has 1 aliphatic carbocycles. The van der Waals surface area contributed by atoms with E-state index >= 15 is 0 Å². The van der Waals surface area contributed by atoms with E-state index in [9.17, 15) is 14.7 Å². The van der Waals surface area contributed by atoms with Crippen LogP contribution in [0.4, 0.5) is 0 Å². The highest BCUT2D eigenvalue weighted by atomic mass is 16.4. The lowest BCUT2D eigenvalue weighted by Crippen LogP contribution is -2.42. The van der Waals surface area contributed by atoms with Crippen molar-refractivity contribution in [1.29, 1.82) is 0 Å². The Labute approximate surface area is 134 Å². The van der Waals surface area contributed by atoms with E-state index < -0.39 is 11.9 Å². The molecular formula is C17H21N3O3. The van der Waals surface area contributed by atoms with Crippen molar-refractivity contribution < 1.29 is 14.7 Å². The molecule has 3 N–H and O–H groups in total. The third-order valence-electron chi connectivity index (χ3n) is 4.59. The van der Waals surface area contributed by atoms with Crippen molar-refractivity contribution in [3.63, 3.8) is 0 Å². The first kappa shape index (κ1) is 15.5. The SMILES string of the molecule is Cc1cc(C(=O)N[C@H]2CCCCC[C@H]2C(=O)O)c2[nH]ncc2c1. The van der Waals surface area contributed by atoms with Gasteiger partial charge in [-0.15, -0.1) is 0 Å². The Morgan fingerprint density at radius 3 is 2.83 bits per heavy atom. The van der Waals surface area contributed by atoms with Crippen molar-refractivity contribution in [1.82, 2.24) is 15.5 Å². The summed E-state index contributed by atoms with van der Waals surface area (Å²) in [6.45, 7) is 1.93. The molecule has 2 atom stereocenters. The number of H-pyrrole nitrogens is 1. The molecule has 2 aromatic rings. The van der Waals surface area contributed by atoms with Gasteiger partial charge in [0.25, 0.3) is 5.91 Å². The van der Waals surface area contributed by atoms with E-state index in [2.05, 4.69) is 15.5 Å². The second-order valence-electron chi connectivity index (χ2n) is 6.31. The summed E-state index contributed by atoms with van der Waals surface area (Å²) in [6, 6.07) is 3.45. The van der Waals surface area contributed by atoms with Crippen molar-refractivity contribution in [3.05, 3.63) is 29.5 Å². The molecule has 3 rings (SSSR count). The fourth-order valence-electron chi connectivity index (χ4n) is 3.41. The molecule has 1 amide bonds. The van der Waals surface area contributed by atoms with Gasteiger partial charge in [0.05, 0.1) is 23.2 Å². The Morgan fingerprint density at radius 2 is 2.04 bits per heavy atom. The van der Waals surface area contributed by atoms with Gasteiger partial charge in [-0.05, 0) is 37.5 Å². The van der Waals surface area contributed by atoms with Crippen LogP contribution in [0.3, 0.4) is 0 Å². The lowest BCUT2D eigenvalue weighted by atomic mass is 9.94. The van der Waals surface area contributed by atoms with E-state index in [1.54, 1.807) is 6.20 Å². The van der Waals surface area contributed by atoms with Crippen LogP contribution in [0.1, 0.15) is 48.0 Å². The molecule has 0 radical (unpaired) electrons. The zero-order valence-electron chi connectivity index (χ0n) is 13.1. The number of carbonyl (C=O) groups excluding carboxylic acids is 1. The third kappa shape index (κ3) is 3.21. The number of carboxylic acids is 1. The topological polar surface area (TPSA) is 95.1 Å². The maximum absolute atomic E-state index is 12.7. The monoisotopic (exact) mass is 315 g/mol. The fourth-order valence-corrected chi connectivity index (χ4v) is 3.41. The van der Waals surface area contributed by atoms with Gasteiger partial charge >= 0.3 is 5.97 Å². The predicted molar refractivity (Wildman–Crippen MR) is 86.3 cm³/mol. The number of rotatable bonds is 3. The van der Waals surface area contributed by atoms with Crippen molar-refractivity contribution >= 4 is 22.8 Å². The van der Waals surface area contributed by atoms with Gasteiger partial charge < -0.3 is 10.4 Å². The summed E-state index contributed by atoms with van der Waals surface area (Å²) >= 11 is 0. The zero-order chi connectivity index (χ0) is 16.4. The molecule has 0 aliphatic heterocycles. The number of carboxylic acid groups (broad SMARTS) is 1. The number of hydrogen-bond donors (Lipinski definition) is 3. The standard InChI is InChI=1S/C17H21N3O3/c1-10-7-11-9-18-20-15(11)13(8-10)16(21)19-14-6-4-2-3-5-12(14)17(22)23/h7-9,12,14H,2-6H2,1H3,(H,18,20)(H,19,21)(H,22,23)/t12-,14+/m1/s1. The number of fused-ring (bicyclic) bond motifs is 1. The van der Waals surface area contributed by atoms with E-state index in [4.69, 9.17) is 0 Å². The van der Waals surface area contributed by atoms with Gasteiger partial charge in [-0.3, -0.25) is 14.7 Å². The molecule has 122 valence electrons. The fraction of sp³-hybridized carbons (Fsp3) is 0.471. The number of aliphatic carboxylic acids is 1. The Kier molecular flexibility index (Phi) is 4.32. The maximum Gasteiger partial charge on any atom is 0.308 e. The van der Waals surface area contributed by atoms with Gasteiger partial charge in [0, 0.05) is 11.4 Å². The largest absolute Gasteiger partial charge is 0.481 e. The number of benzene rings is 1. The minimum Gasteiger partial charge on any atom is -0.481 e. The number of amides is 1. The van der Waals surface area contributed by atoms with Crippen LogP contribution in [0.25, 0.3) is 10.9 Å². The van der Waals surface area contributed by atoms with Crippen LogP contribution in [0.5, 0.6) is 0 Å². The van der Waals surface area contributed by atoms with Crippen molar-refractivity contribution in [2.45, 2.75) is 45.1 Å². The summed E-state index contributed by atoms with van der Waals surface area (Å²) in [5.74, 6) is -1.57. The highest BCUT2D eigenvalue weighted by Gasteiger charge is 2.31. The van der Waals surface area contributed by atoms with Gasteiger partial charge in [-0.25, -0.2) is 0 Å². The Morgan fingerprint density at radius 1 is 1.26 bits per heavy atom. The number of hydrogen-bond acceptors (Lipinski definition) is 3. The van der Waals surface area contributed by atoms with Crippen LogP contribution >= 0.6 is 0 Å². The lowest BCUT2D eigenvalue weighted by molar-refractivity contribution is -0.142. The van der Waals surface area contributed by atoms with Gasteiger partial charge in [0.1, 0.15) is 0 Å². The Bertz CT molecular complexity index is 738. The molecule has 0 unspecified atom stereocenters. The molecule has 0 saturated heterocycles. The number of aromatic nitrogens is 2. The minimum absolute atomic E-state index is 0.235. The summed E-state index contributed by atoms with van der Waals surface area (Å²) < 4.78 is 0. The number of aromatic amines is 1. The normalized spacial score (nSPS) is 21.8. The molecular weight excluding hydrogens is 294 g/mol. The van der Waals surface area contributed by atoms with Gasteiger partial charge in [-0.1, -0.05) is 19.3 Å². The first-order valence-electron chi connectivity index (χ1n) is 8.03. The molecule has 0 bridgehead atoms. The van der Waals surface area contributed by atoms with Crippen LogP contribution < -0.4 is 5.32 Å². The number of nitrogens with zero attached hydrogens (tertiary/aromatic N) is 1. The summed E-state index contributed by atoms with van der Waals surface area (Å²) in [6.07, 6.45) is 5.88. The summed E-state index contributed by atoms with van der Waals surface area (Å²) in [4.78, 5) is 24.2. The molecule has 1 aliphatic rings. The van der Waals surface area contributed by atoms with E-state index in [-0.39, 0.29) is 11.9 Å². The van der Waals surface area contributed by atoms with E-state index in [1.807, 2.05) is 19.1 Å². The van der Waals surface area contributed by atoms with Crippen molar-refractivity contribution in [2.75, 3.05) is 0 Å². The van der Waals surface area contributed by atoms with Gasteiger partial charge in [0.15, 0.2) is 0 Å². The molecule has 6 heteroatoms. The summed E-state index contributed by atoms with van der Waals surface area (Å²) in [5, 5.41) is 20.1. The molecule has 1 heterocycles. The number of nitrogens with one attached hydrogen (secondary N) is 2. The molecule has 1 saturated carbocycles. The highest BCUT2D eigenvalue weighted by Crippen LogP contribution is 2.25. The Hall–Kier alpha value is -2.37. The van der Waals surface area contributed by atoms with Gasteiger partial charge in [0.2, 0.25) is 0 Å². The summed E-state index contributed by atoms with van der Waals surface area (Å²) in [7, 11) is 0. The third-order valence-corrected chi connectivity index (χ3v) is 4.59. The van der Waals surface area contributed by atoms with Crippen LogP contribution in [-0.4, -0.2) is 33.2 Å². The van der Waals surface area contributed by atoms with Crippen LogP contribution in [0.2, 0.25) is 0 Å². The Balaban J connectivity index is 1.87. The molecule has 6 nitrogen and oxygen atoms in total. The minimum atomic E-state index is -0.826. The number of carbonyl (C=O) groups is 2. The van der Waals surface area contributed by atoms with Crippen molar-refractivity contribution in [3.8, 4) is 0 Å². The lowest BCUT2D eigenvalue weighted by Gasteiger charge is -2.23. The second kappa shape index (κ2) is 6.40. The highest BCUT2D eigenvalue weighted by molar-refractivity contribution is 6.06. The second-order valence-corrected chi connectivity index (χ2v) is 6.31. The molecule has 23 heavy (non-hydrogen) atoms. The number of aryl methyl sites for hydroxylation is 1. The predicted octanol–water partition coefficient (Wildman–Crippen LogP) is 2.63. The first-order valence-corrected chi connectivity index (χ1v) is 8.03. The van der Waals surface area contributed by atoms with E-state index in [1.165, 1.54) is 0 Å². The quantitative estimate of drug-likeness (QED) is 0.759. The average molecular weight is 315 g/mol. The average Bonchev–Trinajstić information content (AvgIpc) is 2.84.